The van der Waals surface area contributed by atoms with Crippen molar-refractivity contribution in [1.82, 2.24) is 19.7 Å². The lowest BCUT2D eigenvalue weighted by molar-refractivity contribution is 0.0535. The van der Waals surface area contributed by atoms with Crippen LogP contribution in [0.25, 0.3) is 5.82 Å². The zero-order chi connectivity index (χ0) is 23.4. The number of carbonyl (C=O) groups excluding carboxylic acids is 1. The Morgan fingerprint density at radius 2 is 2.18 bits per heavy atom. The van der Waals surface area contributed by atoms with E-state index in [-0.39, 0.29) is 5.97 Å². The number of fused-ring (bicyclic) bond motifs is 1. The Labute approximate surface area is 192 Å². The van der Waals surface area contributed by atoms with Crippen LogP contribution in [0.3, 0.4) is 0 Å². The molecule has 0 bridgehead atoms. The fourth-order valence-electron chi connectivity index (χ4n) is 4.03. The predicted molar refractivity (Wildman–Crippen MR) is 121 cm³/mol. The van der Waals surface area contributed by atoms with Crippen molar-refractivity contribution < 1.29 is 14.3 Å². The van der Waals surface area contributed by atoms with Crippen molar-refractivity contribution in [3.63, 3.8) is 0 Å². The monoisotopic (exact) mass is 446 g/mol. The number of ether oxygens (including phenoxy) is 2. The molecular weight excluding hydrogens is 420 g/mol. The highest BCUT2D eigenvalue weighted by Gasteiger charge is 2.24. The summed E-state index contributed by atoms with van der Waals surface area (Å²) in [4.78, 5) is 18.4. The molecule has 1 aliphatic heterocycles. The van der Waals surface area contributed by atoms with Crippen molar-refractivity contribution >= 4 is 5.97 Å². The molecule has 1 aliphatic rings. The Morgan fingerprint density at radius 1 is 1.33 bits per heavy atom. The summed E-state index contributed by atoms with van der Waals surface area (Å²) in [5.41, 5.74) is 11.3. The van der Waals surface area contributed by atoms with Crippen molar-refractivity contribution in [2.24, 2.45) is 5.73 Å². The van der Waals surface area contributed by atoms with E-state index in [1.165, 1.54) is 18.9 Å². The minimum absolute atomic E-state index is 0.240. The van der Waals surface area contributed by atoms with Crippen LogP contribution in [0.15, 0.2) is 36.8 Å². The first-order valence-electron chi connectivity index (χ1n) is 10.7. The van der Waals surface area contributed by atoms with Gasteiger partial charge in [-0.3, -0.25) is 4.90 Å². The molecule has 9 nitrogen and oxygen atoms in total. The summed E-state index contributed by atoms with van der Waals surface area (Å²) in [6, 6.07) is 7.63. The number of hydrogen-bond donors (Lipinski definition) is 1. The molecule has 4 rings (SSSR count). The average molecular weight is 447 g/mol. The lowest BCUT2D eigenvalue weighted by atomic mass is 9.96. The van der Waals surface area contributed by atoms with Crippen LogP contribution >= 0.6 is 0 Å². The van der Waals surface area contributed by atoms with Crippen LogP contribution < -0.4 is 10.5 Å². The zero-order valence-electron chi connectivity index (χ0n) is 18.7. The number of carbonyl (C=O) groups is 1. The first-order chi connectivity index (χ1) is 16.0. The number of esters is 1. The summed E-state index contributed by atoms with van der Waals surface area (Å²) >= 11 is 0. The lowest BCUT2D eigenvalue weighted by Gasteiger charge is -2.21. The largest absolute Gasteiger partial charge is 0.495 e. The van der Waals surface area contributed by atoms with Crippen LogP contribution in [0, 0.1) is 18.3 Å². The van der Waals surface area contributed by atoms with Gasteiger partial charge in [-0.05, 0) is 30.5 Å². The van der Waals surface area contributed by atoms with Gasteiger partial charge in [0.1, 0.15) is 24.0 Å². The molecule has 0 spiro atoms. The molecule has 0 atom stereocenters. The van der Waals surface area contributed by atoms with Crippen LogP contribution in [0.4, 0.5) is 0 Å². The molecular formula is C24H26N6O3. The standard InChI is InChI=1S/C24H26N6O3/c1-16-18(3-4-20-21(16)15-33-24(20)31)5-7-29(8-6-25)13-17-11-28-30(14-17)23-9-22(32-2)19(10-26)12-27-23/h3-4,9,11-12,14H,5-8,13,15,25H2,1-2H3. The van der Waals surface area contributed by atoms with E-state index in [1.807, 2.05) is 25.3 Å². The molecule has 3 heterocycles. The number of rotatable bonds is 9. The second-order valence-corrected chi connectivity index (χ2v) is 7.91. The van der Waals surface area contributed by atoms with Crippen LogP contribution in [-0.2, 0) is 24.3 Å². The Balaban J connectivity index is 1.45. The van der Waals surface area contributed by atoms with Crippen LogP contribution in [0.2, 0.25) is 0 Å². The lowest BCUT2D eigenvalue weighted by Crippen LogP contribution is -2.31. The number of nitrogens with two attached hydrogens (primary N) is 1. The van der Waals surface area contributed by atoms with E-state index < -0.39 is 0 Å². The Kier molecular flexibility index (Phi) is 6.68. The zero-order valence-corrected chi connectivity index (χ0v) is 18.7. The van der Waals surface area contributed by atoms with Gasteiger partial charge in [-0.1, -0.05) is 6.07 Å². The number of hydrogen-bond acceptors (Lipinski definition) is 8. The smallest absolute Gasteiger partial charge is 0.338 e. The predicted octanol–water partition coefficient (Wildman–Crippen LogP) is 2.13. The number of methoxy groups -OCH3 is 1. The SMILES string of the molecule is COc1cc(-n2cc(CN(CCN)CCc3ccc4c(c3C)COC4=O)cn2)ncc1C#N. The highest BCUT2D eigenvalue weighted by molar-refractivity contribution is 5.93. The maximum atomic E-state index is 11.8. The van der Waals surface area contributed by atoms with Gasteiger partial charge in [0, 0.05) is 49.6 Å². The first kappa shape index (κ1) is 22.5. The summed E-state index contributed by atoms with van der Waals surface area (Å²) in [5, 5.41) is 13.6. The van der Waals surface area contributed by atoms with Gasteiger partial charge in [-0.15, -0.1) is 0 Å². The second-order valence-electron chi connectivity index (χ2n) is 7.91. The summed E-state index contributed by atoms with van der Waals surface area (Å²) in [6.45, 7) is 5.21. The molecule has 1 aromatic carbocycles. The van der Waals surface area contributed by atoms with E-state index in [4.69, 9.17) is 20.5 Å². The van der Waals surface area contributed by atoms with Crippen LogP contribution in [-0.4, -0.2) is 52.4 Å². The number of cyclic esters (lactones) is 1. The van der Waals surface area contributed by atoms with Gasteiger partial charge in [0.05, 0.1) is 25.1 Å². The maximum Gasteiger partial charge on any atom is 0.338 e. The number of benzene rings is 1. The van der Waals surface area contributed by atoms with E-state index in [0.29, 0.717) is 42.4 Å². The van der Waals surface area contributed by atoms with E-state index in [1.54, 1.807) is 16.9 Å². The van der Waals surface area contributed by atoms with Gasteiger partial charge in [-0.25, -0.2) is 14.5 Å². The molecule has 33 heavy (non-hydrogen) atoms. The Morgan fingerprint density at radius 3 is 2.94 bits per heavy atom. The van der Waals surface area contributed by atoms with Gasteiger partial charge in [-0.2, -0.15) is 10.4 Å². The third-order valence-corrected chi connectivity index (χ3v) is 5.89. The number of pyridine rings is 1. The first-order valence-corrected chi connectivity index (χ1v) is 10.7. The average Bonchev–Trinajstić information content (AvgIpc) is 3.45. The normalized spacial score (nSPS) is 12.5. The second kappa shape index (κ2) is 9.81. The van der Waals surface area contributed by atoms with Crippen molar-refractivity contribution in [1.29, 1.82) is 5.26 Å². The fourth-order valence-corrected chi connectivity index (χ4v) is 4.03. The van der Waals surface area contributed by atoms with E-state index in [9.17, 15) is 4.79 Å². The van der Waals surface area contributed by atoms with E-state index >= 15 is 0 Å². The maximum absolute atomic E-state index is 11.8. The minimum atomic E-state index is -0.240. The van der Waals surface area contributed by atoms with Crippen molar-refractivity contribution in [3.8, 4) is 17.6 Å². The number of nitrogens with zero attached hydrogens (tertiary/aromatic N) is 5. The molecule has 3 aromatic rings. The van der Waals surface area contributed by atoms with Crippen molar-refractivity contribution in [2.75, 3.05) is 26.7 Å². The molecule has 0 amide bonds. The quantitative estimate of drug-likeness (QED) is 0.497. The number of nitriles is 1. The van der Waals surface area contributed by atoms with Crippen molar-refractivity contribution in [3.05, 3.63) is 70.2 Å². The van der Waals surface area contributed by atoms with E-state index in [0.717, 1.165) is 36.2 Å². The van der Waals surface area contributed by atoms with E-state index in [2.05, 4.69) is 21.1 Å². The molecule has 0 saturated heterocycles. The molecule has 170 valence electrons. The molecule has 2 aromatic heterocycles. The topological polar surface area (TPSA) is 119 Å². The molecule has 0 aliphatic carbocycles. The number of aromatic nitrogens is 3. The minimum Gasteiger partial charge on any atom is -0.495 e. The van der Waals surface area contributed by atoms with Gasteiger partial charge in [0.15, 0.2) is 5.82 Å². The van der Waals surface area contributed by atoms with Crippen LogP contribution in [0.1, 0.15) is 38.2 Å². The Hall–Kier alpha value is -3.74. The molecule has 0 saturated carbocycles. The molecule has 0 fully saturated rings. The third kappa shape index (κ3) is 4.72. The fraction of sp³-hybridized carbons (Fsp3) is 0.333. The van der Waals surface area contributed by atoms with Crippen LogP contribution in [0.5, 0.6) is 5.75 Å². The Bertz CT molecular complexity index is 1210. The summed E-state index contributed by atoms with van der Waals surface area (Å²) in [6.07, 6.45) is 6.05. The van der Waals surface area contributed by atoms with Gasteiger partial charge in [0.2, 0.25) is 0 Å². The summed E-state index contributed by atoms with van der Waals surface area (Å²) < 4.78 is 12.1. The molecule has 9 heteroatoms. The summed E-state index contributed by atoms with van der Waals surface area (Å²) in [5.74, 6) is 0.796. The van der Waals surface area contributed by atoms with Gasteiger partial charge in [0.25, 0.3) is 0 Å². The highest BCUT2D eigenvalue weighted by atomic mass is 16.5. The van der Waals surface area contributed by atoms with Gasteiger partial charge < -0.3 is 15.2 Å². The summed E-state index contributed by atoms with van der Waals surface area (Å²) in [7, 11) is 1.52. The van der Waals surface area contributed by atoms with Crippen molar-refractivity contribution in [2.45, 2.75) is 26.5 Å². The third-order valence-electron chi connectivity index (χ3n) is 5.89. The molecule has 0 unspecified atom stereocenters. The molecule has 0 radical (unpaired) electrons. The van der Waals surface area contributed by atoms with Gasteiger partial charge >= 0.3 is 5.97 Å². The molecule has 2 N–H and O–H groups in total. The highest BCUT2D eigenvalue weighted by Crippen LogP contribution is 2.26.